The summed E-state index contributed by atoms with van der Waals surface area (Å²) >= 11 is 17.4. The van der Waals surface area contributed by atoms with E-state index in [2.05, 4.69) is 21.2 Å². The van der Waals surface area contributed by atoms with Crippen LogP contribution in [-0.4, -0.2) is 34.6 Å². The number of amides is 2. The molecule has 0 radical (unpaired) electrons. The van der Waals surface area contributed by atoms with Crippen LogP contribution in [0.4, 0.5) is 0 Å². The van der Waals surface area contributed by atoms with E-state index < -0.39 is 6.04 Å². The molecule has 0 aliphatic rings. The van der Waals surface area contributed by atoms with Gasteiger partial charge in [-0.15, -0.1) is 11.8 Å². The van der Waals surface area contributed by atoms with Crippen molar-refractivity contribution in [2.24, 2.45) is 0 Å². The van der Waals surface area contributed by atoms with Gasteiger partial charge in [0.2, 0.25) is 11.8 Å². The van der Waals surface area contributed by atoms with E-state index in [1.807, 2.05) is 45.0 Å². The summed E-state index contributed by atoms with van der Waals surface area (Å²) in [6.45, 7) is 6.14. The molecular formula is C24H29BrCl2N2O2S. The highest BCUT2D eigenvalue weighted by molar-refractivity contribution is 9.10. The number of carbonyl (C=O) groups is 2. The monoisotopic (exact) mass is 558 g/mol. The van der Waals surface area contributed by atoms with Gasteiger partial charge in [-0.05, 0) is 55.2 Å². The van der Waals surface area contributed by atoms with Crippen molar-refractivity contribution in [3.05, 3.63) is 68.1 Å². The molecule has 4 nitrogen and oxygen atoms in total. The second kappa shape index (κ2) is 13.5. The number of hydrogen-bond donors (Lipinski definition) is 1. The Bertz CT molecular complexity index is 911. The highest BCUT2D eigenvalue weighted by atomic mass is 79.9. The van der Waals surface area contributed by atoms with Crippen LogP contribution >= 0.6 is 50.9 Å². The molecule has 8 heteroatoms. The Hall–Kier alpha value is -1.21. The van der Waals surface area contributed by atoms with Crippen molar-refractivity contribution in [2.45, 2.75) is 58.0 Å². The maximum atomic E-state index is 13.3. The topological polar surface area (TPSA) is 49.4 Å². The Kier molecular flexibility index (Phi) is 11.4. The molecular weight excluding hydrogens is 531 g/mol. The molecule has 0 saturated carbocycles. The predicted molar refractivity (Wildman–Crippen MR) is 139 cm³/mol. The number of hydrogen-bond acceptors (Lipinski definition) is 3. The largest absolute Gasteiger partial charge is 0.352 e. The van der Waals surface area contributed by atoms with E-state index in [0.717, 1.165) is 22.0 Å². The molecule has 0 heterocycles. The molecule has 0 saturated heterocycles. The van der Waals surface area contributed by atoms with E-state index in [1.165, 1.54) is 11.8 Å². The number of thioether (sulfide) groups is 1. The number of nitrogens with zero attached hydrogens (tertiary/aromatic N) is 1. The molecule has 0 fully saturated rings. The van der Waals surface area contributed by atoms with Gasteiger partial charge in [0.05, 0.1) is 5.75 Å². The van der Waals surface area contributed by atoms with Crippen LogP contribution < -0.4 is 5.32 Å². The van der Waals surface area contributed by atoms with Crippen molar-refractivity contribution in [1.82, 2.24) is 10.2 Å². The fourth-order valence-electron chi connectivity index (χ4n) is 3.11. The summed E-state index contributed by atoms with van der Waals surface area (Å²) in [6.07, 6.45) is 1.33. The van der Waals surface area contributed by atoms with Crippen LogP contribution in [0.1, 0.15) is 44.7 Å². The van der Waals surface area contributed by atoms with Gasteiger partial charge in [0.15, 0.2) is 0 Å². The maximum absolute atomic E-state index is 13.3. The first kappa shape index (κ1) is 27.0. The van der Waals surface area contributed by atoms with E-state index in [0.29, 0.717) is 22.2 Å². The summed E-state index contributed by atoms with van der Waals surface area (Å²) in [5.74, 6) is 0.751. The standard InChI is InChI=1S/C24H29BrCl2N2O2S/c1-4-16(3)28-24(31)22(5-2)29(13-18-8-11-20(26)12-21(18)27)23(30)15-32-14-17-6-9-19(25)10-7-17/h6-12,16,22H,4-5,13-15H2,1-3H3,(H,28,31)/t16-,22-/m0/s1. The average molecular weight is 560 g/mol. The fourth-order valence-corrected chi connectivity index (χ4v) is 4.72. The molecule has 0 aliphatic heterocycles. The first-order valence-corrected chi connectivity index (χ1v) is 13.3. The van der Waals surface area contributed by atoms with Gasteiger partial charge in [0.1, 0.15) is 6.04 Å². The molecule has 2 amide bonds. The Labute approximate surface area is 213 Å². The summed E-state index contributed by atoms with van der Waals surface area (Å²) in [5.41, 5.74) is 1.90. The molecule has 0 bridgehead atoms. The van der Waals surface area contributed by atoms with Crippen molar-refractivity contribution in [3.8, 4) is 0 Å². The number of carbonyl (C=O) groups excluding carboxylic acids is 2. The molecule has 2 atom stereocenters. The SMILES string of the molecule is CC[C@H](C)NC(=O)[C@H](CC)N(Cc1ccc(Cl)cc1Cl)C(=O)CSCc1ccc(Br)cc1. The lowest BCUT2D eigenvalue weighted by molar-refractivity contribution is -0.139. The van der Waals surface area contributed by atoms with Crippen molar-refractivity contribution >= 4 is 62.7 Å². The predicted octanol–water partition coefficient (Wildman–Crippen LogP) is 6.71. The van der Waals surface area contributed by atoms with E-state index in [4.69, 9.17) is 23.2 Å². The van der Waals surface area contributed by atoms with Crippen LogP contribution in [0.5, 0.6) is 0 Å². The van der Waals surface area contributed by atoms with Gasteiger partial charge in [-0.2, -0.15) is 0 Å². The molecule has 2 aromatic carbocycles. The van der Waals surface area contributed by atoms with Crippen LogP contribution in [0.2, 0.25) is 10.0 Å². The van der Waals surface area contributed by atoms with Gasteiger partial charge in [0.25, 0.3) is 0 Å². The third kappa shape index (κ3) is 8.29. The Balaban J connectivity index is 2.17. The molecule has 0 aromatic heterocycles. The van der Waals surface area contributed by atoms with Crippen molar-refractivity contribution in [1.29, 1.82) is 0 Å². The van der Waals surface area contributed by atoms with Gasteiger partial charge in [-0.3, -0.25) is 9.59 Å². The second-order valence-electron chi connectivity index (χ2n) is 7.62. The van der Waals surface area contributed by atoms with Crippen LogP contribution in [-0.2, 0) is 21.9 Å². The Morgan fingerprint density at radius 1 is 1.09 bits per heavy atom. The van der Waals surface area contributed by atoms with Crippen LogP contribution in [0, 0.1) is 0 Å². The van der Waals surface area contributed by atoms with Crippen LogP contribution in [0.3, 0.4) is 0 Å². The lowest BCUT2D eigenvalue weighted by Crippen LogP contribution is -2.51. The lowest BCUT2D eigenvalue weighted by atomic mass is 10.1. The van der Waals surface area contributed by atoms with Crippen molar-refractivity contribution < 1.29 is 9.59 Å². The summed E-state index contributed by atoms with van der Waals surface area (Å²) in [7, 11) is 0. The quantitative estimate of drug-likeness (QED) is 0.333. The molecule has 0 spiro atoms. The highest BCUT2D eigenvalue weighted by Gasteiger charge is 2.29. The molecule has 1 N–H and O–H groups in total. The van der Waals surface area contributed by atoms with E-state index >= 15 is 0 Å². The summed E-state index contributed by atoms with van der Waals surface area (Å²) in [4.78, 5) is 27.9. The second-order valence-corrected chi connectivity index (χ2v) is 10.4. The number of halogens is 3. The Morgan fingerprint density at radius 2 is 1.78 bits per heavy atom. The first-order chi connectivity index (χ1) is 15.2. The number of rotatable bonds is 11. The van der Waals surface area contributed by atoms with Gasteiger partial charge in [-0.25, -0.2) is 0 Å². The fraction of sp³-hybridized carbons (Fsp3) is 0.417. The zero-order valence-corrected chi connectivity index (χ0v) is 22.5. The molecule has 2 aromatic rings. The van der Waals surface area contributed by atoms with Crippen LogP contribution in [0.25, 0.3) is 0 Å². The third-order valence-corrected chi connectivity index (χ3v) is 7.25. The molecule has 0 unspecified atom stereocenters. The first-order valence-electron chi connectivity index (χ1n) is 10.6. The van der Waals surface area contributed by atoms with Gasteiger partial charge >= 0.3 is 0 Å². The minimum Gasteiger partial charge on any atom is -0.352 e. The molecule has 0 aliphatic carbocycles. The summed E-state index contributed by atoms with van der Waals surface area (Å²) in [5, 5.41) is 4.03. The summed E-state index contributed by atoms with van der Waals surface area (Å²) < 4.78 is 1.02. The molecule has 2 rings (SSSR count). The average Bonchev–Trinajstić information content (AvgIpc) is 2.76. The third-order valence-electron chi connectivity index (χ3n) is 5.15. The minimum atomic E-state index is -0.573. The van der Waals surface area contributed by atoms with Crippen molar-refractivity contribution in [2.75, 3.05) is 5.75 Å². The molecule has 174 valence electrons. The highest BCUT2D eigenvalue weighted by Crippen LogP contribution is 2.25. The van der Waals surface area contributed by atoms with Crippen LogP contribution in [0.15, 0.2) is 46.9 Å². The Morgan fingerprint density at radius 3 is 2.38 bits per heavy atom. The minimum absolute atomic E-state index is 0.0411. The van der Waals surface area contributed by atoms with E-state index in [1.54, 1.807) is 23.1 Å². The maximum Gasteiger partial charge on any atom is 0.243 e. The van der Waals surface area contributed by atoms with E-state index in [9.17, 15) is 9.59 Å². The number of nitrogens with one attached hydrogen (secondary N) is 1. The summed E-state index contributed by atoms with van der Waals surface area (Å²) in [6, 6.07) is 12.7. The molecule has 32 heavy (non-hydrogen) atoms. The van der Waals surface area contributed by atoms with Crippen molar-refractivity contribution in [3.63, 3.8) is 0 Å². The zero-order valence-electron chi connectivity index (χ0n) is 18.5. The zero-order chi connectivity index (χ0) is 23.7. The normalized spacial score (nSPS) is 12.8. The smallest absolute Gasteiger partial charge is 0.243 e. The van der Waals surface area contributed by atoms with E-state index in [-0.39, 0.29) is 30.2 Å². The van der Waals surface area contributed by atoms with Gasteiger partial charge in [-0.1, -0.05) is 71.2 Å². The van der Waals surface area contributed by atoms with Gasteiger partial charge < -0.3 is 10.2 Å². The lowest BCUT2D eigenvalue weighted by Gasteiger charge is -2.31. The van der Waals surface area contributed by atoms with Gasteiger partial charge in [0, 0.05) is 32.9 Å². The number of benzene rings is 2.